The normalized spacial score (nSPS) is 10.9. The zero-order valence-electron chi connectivity index (χ0n) is 16.3. The summed E-state index contributed by atoms with van der Waals surface area (Å²) in [6.45, 7) is 0.371. The van der Waals surface area contributed by atoms with Gasteiger partial charge in [0.1, 0.15) is 10.8 Å². The second-order valence-electron chi connectivity index (χ2n) is 6.67. The van der Waals surface area contributed by atoms with Gasteiger partial charge in [-0.2, -0.15) is 10.2 Å². The van der Waals surface area contributed by atoms with Crippen LogP contribution in [-0.2, 0) is 13.3 Å². The summed E-state index contributed by atoms with van der Waals surface area (Å²) < 4.78 is 21.6. The molecule has 2 aromatic carbocycles. The summed E-state index contributed by atoms with van der Waals surface area (Å²) in [6.07, 6.45) is 3.15. The molecule has 7 nitrogen and oxygen atoms in total. The molecule has 0 aliphatic rings. The predicted molar refractivity (Wildman–Crippen MR) is 120 cm³/mol. The Morgan fingerprint density at radius 3 is 2.41 bits per heavy atom. The summed E-state index contributed by atoms with van der Waals surface area (Å²) in [4.78, 5) is 12.5. The molecule has 1 amide bonds. The number of benzene rings is 2. The first-order valence-electron chi connectivity index (χ1n) is 9.28. The number of ether oxygens (including phenoxy) is 1. The van der Waals surface area contributed by atoms with Crippen LogP contribution in [0.25, 0.3) is 0 Å². The van der Waals surface area contributed by atoms with Gasteiger partial charge in [-0.05, 0) is 35.9 Å². The fourth-order valence-electron chi connectivity index (χ4n) is 2.82. The highest BCUT2D eigenvalue weighted by Crippen LogP contribution is 2.32. The van der Waals surface area contributed by atoms with Crippen molar-refractivity contribution in [2.45, 2.75) is 13.3 Å². The van der Waals surface area contributed by atoms with E-state index in [1.54, 1.807) is 47.4 Å². The molecule has 4 aromatic rings. The SMILES string of the molecule is O=C(Nc1nn(Cc2ccc(F)cc2)cc1Cl)c1ccn(COc2c(Cl)cccc2Cl)n1. The van der Waals surface area contributed by atoms with Crippen LogP contribution in [0.15, 0.2) is 60.9 Å². The Labute approximate surface area is 197 Å². The van der Waals surface area contributed by atoms with Gasteiger partial charge in [0.05, 0.1) is 16.6 Å². The minimum absolute atomic E-state index is 0.00376. The number of anilines is 1. The molecule has 0 saturated carbocycles. The summed E-state index contributed by atoms with van der Waals surface area (Å²) in [5.41, 5.74) is 0.976. The van der Waals surface area contributed by atoms with Gasteiger partial charge in [-0.15, -0.1) is 0 Å². The van der Waals surface area contributed by atoms with Crippen LogP contribution < -0.4 is 10.1 Å². The lowest BCUT2D eigenvalue weighted by atomic mass is 10.2. The van der Waals surface area contributed by atoms with E-state index < -0.39 is 5.91 Å². The van der Waals surface area contributed by atoms with E-state index >= 15 is 0 Å². The third-order valence-corrected chi connectivity index (χ3v) is 5.21. The molecule has 0 atom stereocenters. The maximum Gasteiger partial charge on any atom is 0.277 e. The van der Waals surface area contributed by atoms with E-state index in [9.17, 15) is 9.18 Å². The lowest BCUT2D eigenvalue weighted by molar-refractivity contribution is 0.101. The van der Waals surface area contributed by atoms with Crippen molar-refractivity contribution in [1.82, 2.24) is 19.6 Å². The van der Waals surface area contributed by atoms with Gasteiger partial charge in [-0.25, -0.2) is 9.07 Å². The van der Waals surface area contributed by atoms with E-state index in [-0.39, 0.29) is 29.1 Å². The van der Waals surface area contributed by atoms with Crippen molar-refractivity contribution in [2.24, 2.45) is 0 Å². The van der Waals surface area contributed by atoms with Gasteiger partial charge >= 0.3 is 0 Å². The van der Waals surface area contributed by atoms with E-state index in [1.807, 2.05) is 0 Å². The molecule has 11 heteroatoms. The van der Waals surface area contributed by atoms with Crippen molar-refractivity contribution in [3.8, 4) is 5.75 Å². The fourth-order valence-corrected chi connectivity index (χ4v) is 3.52. The highest BCUT2D eigenvalue weighted by atomic mass is 35.5. The van der Waals surface area contributed by atoms with Crippen LogP contribution in [0.3, 0.4) is 0 Å². The molecule has 32 heavy (non-hydrogen) atoms. The number of hydrogen-bond donors (Lipinski definition) is 1. The molecule has 164 valence electrons. The Balaban J connectivity index is 1.39. The molecule has 2 heterocycles. The average Bonchev–Trinajstić information content (AvgIpc) is 3.36. The predicted octanol–water partition coefficient (Wildman–Crippen LogP) is 5.52. The number of nitrogens with one attached hydrogen (secondary N) is 1. The van der Waals surface area contributed by atoms with Crippen LogP contribution in [0.4, 0.5) is 10.2 Å². The number of amides is 1. The average molecular weight is 495 g/mol. The minimum Gasteiger partial charge on any atom is -0.468 e. The van der Waals surface area contributed by atoms with Crippen molar-refractivity contribution in [1.29, 1.82) is 0 Å². The van der Waals surface area contributed by atoms with Crippen molar-refractivity contribution in [2.75, 3.05) is 5.32 Å². The Bertz CT molecular complexity index is 1240. The van der Waals surface area contributed by atoms with Gasteiger partial charge in [0.15, 0.2) is 24.0 Å². The Morgan fingerprint density at radius 2 is 1.69 bits per heavy atom. The number of para-hydroxylation sites is 1. The summed E-state index contributed by atoms with van der Waals surface area (Å²) in [5.74, 6) is -0.295. The van der Waals surface area contributed by atoms with E-state index in [2.05, 4.69) is 15.5 Å². The standard InChI is InChI=1S/C21H15Cl3FN5O2/c22-15-2-1-3-16(23)19(15)32-12-29-9-8-18(27-29)21(31)26-20-17(24)11-30(28-20)10-13-4-6-14(25)7-5-13/h1-9,11H,10,12H2,(H,26,28,31). The Kier molecular flexibility index (Phi) is 6.64. The van der Waals surface area contributed by atoms with Gasteiger partial charge in [-0.1, -0.05) is 53.0 Å². The summed E-state index contributed by atoms with van der Waals surface area (Å²) in [7, 11) is 0. The molecule has 0 bridgehead atoms. The molecule has 0 radical (unpaired) electrons. The third-order valence-electron chi connectivity index (χ3n) is 4.34. The van der Waals surface area contributed by atoms with Crippen LogP contribution in [-0.4, -0.2) is 25.5 Å². The molecule has 0 aliphatic carbocycles. The van der Waals surface area contributed by atoms with Gasteiger partial charge in [0, 0.05) is 12.4 Å². The van der Waals surface area contributed by atoms with Crippen molar-refractivity contribution >= 4 is 46.5 Å². The quantitative estimate of drug-likeness (QED) is 0.367. The zero-order valence-corrected chi connectivity index (χ0v) is 18.6. The van der Waals surface area contributed by atoms with E-state index in [4.69, 9.17) is 39.5 Å². The maximum atomic E-state index is 13.1. The summed E-state index contributed by atoms with van der Waals surface area (Å²) in [6, 6.07) is 12.6. The number of halogens is 4. The number of aromatic nitrogens is 4. The van der Waals surface area contributed by atoms with Gasteiger partial charge in [0.2, 0.25) is 0 Å². The van der Waals surface area contributed by atoms with Gasteiger partial charge in [0.25, 0.3) is 5.91 Å². The van der Waals surface area contributed by atoms with Crippen LogP contribution in [0.2, 0.25) is 15.1 Å². The molecule has 0 aliphatic heterocycles. The highest BCUT2D eigenvalue weighted by molar-refractivity contribution is 6.37. The summed E-state index contributed by atoms with van der Waals surface area (Å²) in [5, 5.41) is 12.1. The van der Waals surface area contributed by atoms with Gasteiger partial charge in [-0.3, -0.25) is 9.48 Å². The van der Waals surface area contributed by atoms with Crippen molar-refractivity contribution in [3.63, 3.8) is 0 Å². The number of nitrogens with zero attached hydrogens (tertiary/aromatic N) is 4. The van der Waals surface area contributed by atoms with E-state index in [0.717, 1.165) is 5.56 Å². The molecule has 0 spiro atoms. The number of hydrogen-bond acceptors (Lipinski definition) is 4. The largest absolute Gasteiger partial charge is 0.468 e. The molecule has 0 fully saturated rings. The van der Waals surface area contributed by atoms with E-state index in [0.29, 0.717) is 22.3 Å². The smallest absolute Gasteiger partial charge is 0.277 e. The molecule has 2 aromatic heterocycles. The number of rotatable bonds is 7. The maximum absolute atomic E-state index is 13.1. The van der Waals surface area contributed by atoms with Crippen LogP contribution >= 0.6 is 34.8 Å². The first kappa shape index (κ1) is 22.1. The monoisotopic (exact) mass is 493 g/mol. The second kappa shape index (κ2) is 9.60. The zero-order chi connectivity index (χ0) is 22.7. The highest BCUT2D eigenvalue weighted by Gasteiger charge is 2.15. The lowest BCUT2D eigenvalue weighted by Crippen LogP contribution is -2.15. The Hall–Kier alpha value is -3.07. The lowest BCUT2D eigenvalue weighted by Gasteiger charge is -2.09. The first-order valence-corrected chi connectivity index (χ1v) is 10.4. The fraction of sp³-hybridized carbons (Fsp3) is 0.0952. The number of carbonyl (C=O) groups is 1. The summed E-state index contributed by atoms with van der Waals surface area (Å²) >= 11 is 18.3. The molecular weight excluding hydrogens is 480 g/mol. The third kappa shape index (κ3) is 5.21. The van der Waals surface area contributed by atoms with Gasteiger partial charge < -0.3 is 10.1 Å². The topological polar surface area (TPSA) is 74.0 Å². The van der Waals surface area contributed by atoms with Crippen LogP contribution in [0, 0.1) is 5.82 Å². The van der Waals surface area contributed by atoms with Crippen LogP contribution in [0.1, 0.15) is 16.1 Å². The Morgan fingerprint density at radius 1 is 0.969 bits per heavy atom. The molecule has 1 N–H and O–H groups in total. The van der Waals surface area contributed by atoms with Crippen LogP contribution in [0.5, 0.6) is 5.75 Å². The molecule has 0 saturated heterocycles. The number of carbonyl (C=O) groups excluding carboxylic acids is 1. The van der Waals surface area contributed by atoms with Crippen molar-refractivity contribution in [3.05, 3.63) is 93.1 Å². The van der Waals surface area contributed by atoms with E-state index in [1.165, 1.54) is 22.9 Å². The second-order valence-corrected chi connectivity index (χ2v) is 7.89. The first-order chi connectivity index (χ1) is 15.4. The molecule has 4 rings (SSSR count). The molecule has 0 unspecified atom stereocenters. The minimum atomic E-state index is -0.492. The van der Waals surface area contributed by atoms with Crippen molar-refractivity contribution < 1.29 is 13.9 Å². The molecular formula is C21H15Cl3FN5O2.